The van der Waals surface area contributed by atoms with Crippen molar-refractivity contribution in [1.82, 2.24) is 14.7 Å². The van der Waals surface area contributed by atoms with E-state index in [1.54, 1.807) is 23.8 Å². The lowest BCUT2D eigenvalue weighted by molar-refractivity contribution is -0.130. The van der Waals surface area contributed by atoms with Gasteiger partial charge >= 0.3 is 0 Å². The standard InChI is InChI=1S/C32H32N4O3S/c1-22-14-16-24(17-15-22)36-32-29(30(33-36)23-10-4-3-5-11-23)31(25-12-6-7-13-26(25)39-2)40-21-28(38)35(32)20-27(37)34-18-8-9-19-34/h3-7,10-17,31H,8-9,18-21H2,1-2H3. The van der Waals surface area contributed by atoms with E-state index in [1.165, 1.54) is 0 Å². The molecule has 3 aromatic carbocycles. The number of hydrogen-bond acceptors (Lipinski definition) is 5. The SMILES string of the molecule is COc1ccccc1C1SCC(=O)N(CC(=O)N2CCCC2)c2c1c(-c1ccccc1)nn2-c1ccc(C)cc1. The Labute approximate surface area is 238 Å². The van der Waals surface area contributed by atoms with E-state index in [9.17, 15) is 9.59 Å². The lowest BCUT2D eigenvalue weighted by Crippen LogP contribution is -2.43. The molecule has 0 saturated carbocycles. The second kappa shape index (κ2) is 11.2. The van der Waals surface area contributed by atoms with Gasteiger partial charge in [0.25, 0.3) is 0 Å². The maximum atomic E-state index is 13.9. The summed E-state index contributed by atoms with van der Waals surface area (Å²) < 4.78 is 7.64. The maximum absolute atomic E-state index is 13.9. The van der Waals surface area contributed by atoms with E-state index in [2.05, 4.69) is 0 Å². The van der Waals surface area contributed by atoms with E-state index in [4.69, 9.17) is 9.84 Å². The lowest BCUT2D eigenvalue weighted by atomic mass is 9.99. The van der Waals surface area contributed by atoms with E-state index in [0.29, 0.717) is 5.82 Å². The van der Waals surface area contributed by atoms with Gasteiger partial charge in [0.2, 0.25) is 11.8 Å². The van der Waals surface area contributed by atoms with E-state index in [1.807, 2.05) is 95.4 Å². The normalized spacial score (nSPS) is 17.1. The average molecular weight is 553 g/mol. The van der Waals surface area contributed by atoms with Gasteiger partial charge in [-0.15, -0.1) is 11.8 Å². The quantitative estimate of drug-likeness (QED) is 0.309. The highest BCUT2D eigenvalue weighted by atomic mass is 32.2. The summed E-state index contributed by atoms with van der Waals surface area (Å²) in [5.74, 6) is 1.48. The number of rotatable bonds is 6. The molecule has 2 aliphatic heterocycles. The van der Waals surface area contributed by atoms with Crippen molar-refractivity contribution >= 4 is 29.4 Å². The molecule has 4 aromatic rings. The molecule has 8 heteroatoms. The number of para-hydroxylation sites is 1. The third-order valence-electron chi connectivity index (χ3n) is 7.59. The minimum absolute atomic E-state index is 0.0170. The largest absolute Gasteiger partial charge is 0.496 e. The van der Waals surface area contributed by atoms with Crippen molar-refractivity contribution in [3.05, 3.63) is 95.6 Å². The number of nitrogens with zero attached hydrogens (tertiary/aromatic N) is 4. The highest BCUT2D eigenvalue weighted by molar-refractivity contribution is 8.00. The van der Waals surface area contributed by atoms with Crippen LogP contribution in [-0.2, 0) is 9.59 Å². The molecule has 0 radical (unpaired) electrons. The minimum atomic E-state index is -0.239. The number of aromatic nitrogens is 2. The van der Waals surface area contributed by atoms with E-state index < -0.39 is 0 Å². The summed E-state index contributed by atoms with van der Waals surface area (Å²) in [5.41, 5.74) is 5.57. The van der Waals surface area contributed by atoms with Gasteiger partial charge < -0.3 is 9.64 Å². The second-order valence-electron chi connectivity index (χ2n) is 10.2. The van der Waals surface area contributed by atoms with Gasteiger partial charge in [-0.05, 0) is 38.0 Å². The van der Waals surface area contributed by atoms with Crippen LogP contribution in [0.15, 0.2) is 78.9 Å². The summed E-state index contributed by atoms with van der Waals surface area (Å²) in [7, 11) is 1.67. The van der Waals surface area contributed by atoms with Gasteiger partial charge in [-0.2, -0.15) is 5.10 Å². The van der Waals surface area contributed by atoms with Crippen LogP contribution in [-0.4, -0.2) is 59.0 Å². The molecule has 1 unspecified atom stereocenters. The lowest BCUT2D eigenvalue weighted by Gasteiger charge is -2.25. The Morgan fingerprint density at radius 1 is 0.975 bits per heavy atom. The zero-order valence-corrected chi connectivity index (χ0v) is 23.6. The summed E-state index contributed by atoms with van der Waals surface area (Å²) >= 11 is 1.55. The van der Waals surface area contributed by atoms with Crippen LogP contribution in [0, 0.1) is 6.92 Å². The fraction of sp³-hybridized carbons (Fsp3) is 0.281. The van der Waals surface area contributed by atoms with E-state index >= 15 is 0 Å². The molecule has 0 bridgehead atoms. The molecule has 3 heterocycles. The van der Waals surface area contributed by atoms with Crippen LogP contribution in [0.5, 0.6) is 5.75 Å². The first-order chi connectivity index (χ1) is 19.5. The number of methoxy groups -OCH3 is 1. The second-order valence-corrected chi connectivity index (χ2v) is 11.3. The fourth-order valence-electron chi connectivity index (χ4n) is 5.52. The molecule has 40 heavy (non-hydrogen) atoms. The van der Waals surface area contributed by atoms with E-state index in [0.717, 1.165) is 65.3 Å². The summed E-state index contributed by atoms with van der Waals surface area (Å²) in [4.78, 5) is 30.9. The molecular formula is C32H32N4O3S. The zero-order chi connectivity index (χ0) is 27.6. The van der Waals surface area contributed by atoms with Crippen molar-refractivity contribution < 1.29 is 14.3 Å². The van der Waals surface area contributed by atoms with Crippen molar-refractivity contribution in [3.63, 3.8) is 0 Å². The van der Waals surface area contributed by atoms with Crippen LogP contribution in [0.1, 0.15) is 34.8 Å². The Kier molecular flexibility index (Phi) is 7.34. The van der Waals surface area contributed by atoms with E-state index in [-0.39, 0.29) is 29.4 Å². The van der Waals surface area contributed by atoms with Crippen molar-refractivity contribution in [3.8, 4) is 22.7 Å². The van der Waals surface area contributed by atoms with Crippen LogP contribution in [0.2, 0.25) is 0 Å². The number of amides is 2. The van der Waals surface area contributed by atoms with Crippen LogP contribution in [0.25, 0.3) is 16.9 Å². The molecule has 2 amide bonds. The highest BCUT2D eigenvalue weighted by Gasteiger charge is 2.39. The van der Waals surface area contributed by atoms with Crippen molar-refractivity contribution in [2.24, 2.45) is 0 Å². The number of aryl methyl sites for hydroxylation is 1. The first kappa shape index (κ1) is 26.2. The van der Waals surface area contributed by atoms with Crippen LogP contribution in [0.3, 0.4) is 0 Å². The van der Waals surface area contributed by atoms with Gasteiger partial charge in [0.1, 0.15) is 18.1 Å². The van der Waals surface area contributed by atoms with Gasteiger partial charge in [-0.3, -0.25) is 14.5 Å². The van der Waals surface area contributed by atoms with Gasteiger partial charge in [0.15, 0.2) is 0 Å². The number of likely N-dealkylation sites (tertiary alicyclic amines) is 1. The average Bonchev–Trinajstić information content (AvgIpc) is 3.64. The molecule has 0 aliphatic carbocycles. The van der Waals surface area contributed by atoms with Gasteiger partial charge in [-0.1, -0.05) is 66.2 Å². The fourth-order valence-corrected chi connectivity index (χ4v) is 6.75. The summed E-state index contributed by atoms with van der Waals surface area (Å²) in [6, 6.07) is 26.1. The summed E-state index contributed by atoms with van der Waals surface area (Å²) in [6.07, 6.45) is 1.99. The molecule has 1 atom stereocenters. The molecule has 0 N–H and O–H groups in total. The number of ether oxygens (including phenoxy) is 1. The smallest absolute Gasteiger partial charge is 0.242 e. The Morgan fingerprint density at radius 2 is 1.68 bits per heavy atom. The third-order valence-corrected chi connectivity index (χ3v) is 8.82. The first-order valence-corrected chi connectivity index (χ1v) is 14.7. The van der Waals surface area contributed by atoms with Gasteiger partial charge in [0, 0.05) is 29.8 Å². The van der Waals surface area contributed by atoms with Crippen molar-refractivity contribution in [2.45, 2.75) is 25.0 Å². The van der Waals surface area contributed by atoms with Crippen LogP contribution >= 0.6 is 11.8 Å². The summed E-state index contributed by atoms with van der Waals surface area (Å²) in [5, 5.41) is 4.93. The number of benzene rings is 3. The van der Waals surface area contributed by atoms with Crippen LogP contribution < -0.4 is 9.64 Å². The van der Waals surface area contributed by atoms with Crippen molar-refractivity contribution in [1.29, 1.82) is 0 Å². The molecule has 1 saturated heterocycles. The predicted octanol–water partition coefficient (Wildman–Crippen LogP) is 5.65. The number of carbonyl (C=O) groups excluding carboxylic acids is 2. The number of carbonyl (C=O) groups is 2. The Bertz CT molecular complexity index is 1530. The molecule has 1 fully saturated rings. The molecular weight excluding hydrogens is 520 g/mol. The Morgan fingerprint density at radius 3 is 2.40 bits per heavy atom. The van der Waals surface area contributed by atoms with Crippen LogP contribution in [0.4, 0.5) is 5.82 Å². The monoisotopic (exact) mass is 552 g/mol. The predicted molar refractivity (Wildman–Crippen MR) is 159 cm³/mol. The molecule has 7 nitrogen and oxygen atoms in total. The molecule has 2 aliphatic rings. The Hall–Kier alpha value is -4.04. The number of hydrogen-bond donors (Lipinski definition) is 0. The molecule has 6 rings (SSSR count). The number of fused-ring (bicyclic) bond motifs is 1. The first-order valence-electron chi connectivity index (χ1n) is 13.6. The number of anilines is 1. The topological polar surface area (TPSA) is 67.7 Å². The van der Waals surface area contributed by atoms with Gasteiger partial charge in [-0.25, -0.2) is 4.68 Å². The zero-order valence-electron chi connectivity index (χ0n) is 22.7. The molecule has 0 spiro atoms. The summed E-state index contributed by atoms with van der Waals surface area (Å²) in [6.45, 7) is 3.50. The Balaban J connectivity index is 1.62. The number of thioether (sulfide) groups is 1. The third kappa shape index (κ3) is 4.88. The maximum Gasteiger partial charge on any atom is 0.242 e. The molecule has 204 valence electrons. The van der Waals surface area contributed by atoms with Crippen molar-refractivity contribution in [2.75, 3.05) is 37.4 Å². The molecule has 1 aromatic heterocycles. The van der Waals surface area contributed by atoms with Gasteiger partial charge in [0.05, 0.1) is 29.5 Å². The highest BCUT2D eigenvalue weighted by Crippen LogP contribution is 2.50. The minimum Gasteiger partial charge on any atom is -0.496 e.